The maximum Gasteiger partial charge on any atom is 0.251 e. The number of ether oxygens (including phenoxy) is 1. The van der Waals surface area contributed by atoms with Crippen LogP contribution < -0.4 is 5.73 Å². The normalized spacial score (nSPS) is 21.2. The molecule has 136 valence electrons. The fraction of sp³-hybridized carbons (Fsp3) is 0.632. The number of nitrogens with two attached hydrogens (primary N) is 1. The molecule has 1 amide bonds. The summed E-state index contributed by atoms with van der Waals surface area (Å²) in [6, 6.07) is 8.80. The average molecular weight is 355 g/mol. The van der Waals surface area contributed by atoms with Gasteiger partial charge in [0, 0.05) is 19.1 Å². The monoisotopic (exact) mass is 354 g/mol. The van der Waals surface area contributed by atoms with Crippen LogP contribution in [0.2, 0.25) is 0 Å². The molecule has 24 heavy (non-hydrogen) atoms. The third-order valence-electron chi connectivity index (χ3n) is 4.77. The Morgan fingerprint density at radius 3 is 2.46 bits per heavy atom. The van der Waals surface area contributed by atoms with Crippen molar-refractivity contribution in [2.75, 3.05) is 13.1 Å². The summed E-state index contributed by atoms with van der Waals surface area (Å²) in [7, 11) is 0. The number of hydrogen-bond donors (Lipinski definition) is 1. The quantitative estimate of drug-likeness (QED) is 0.818. The van der Waals surface area contributed by atoms with Crippen LogP contribution >= 0.6 is 12.4 Å². The van der Waals surface area contributed by atoms with Gasteiger partial charge >= 0.3 is 0 Å². The van der Waals surface area contributed by atoms with Gasteiger partial charge < -0.3 is 15.4 Å². The first-order valence-electron chi connectivity index (χ1n) is 8.80. The van der Waals surface area contributed by atoms with Gasteiger partial charge in [-0.3, -0.25) is 4.79 Å². The van der Waals surface area contributed by atoms with Gasteiger partial charge in [0.05, 0.1) is 6.10 Å². The number of nitrogens with zero attached hydrogens (tertiary/aromatic N) is 1. The lowest BCUT2D eigenvalue weighted by Crippen LogP contribution is -2.46. The number of hydrogen-bond acceptors (Lipinski definition) is 3. The van der Waals surface area contributed by atoms with E-state index in [-0.39, 0.29) is 36.6 Å². The van der Waals surface area contributed by atoms with Crippen LogP contribution in [0.3, 0.4) is 0 Å². The van der Waals surface area contributed by atoms with Gasteiger partial charge in [-0.2, -0.15) is 0 Å². The molecule has 0 aromatic heterocycles. The highest BCUT2D eigenvalue weighted by Crippen LogP contribution is 2.23. The van der Waals surface area contributed by atoms with Crippen LogP contribution in [0.1, 0.15) is 44.2 Å². The number of carbonyl (C=O) groups excluding carboxylic acids is 1. The Morgan fingerprint density at radius 1 is 1.29 bits per heavy atom. The molecule has 0 aliphatic carbocycles. The number of benzene rings is 1. The van der Waals surface area contributed by atoms with Gasteiger partial charge in [-0.15, -0.1) is 12.4 Å². The highest BCUT2D eigenvalue weighted by atomic mass is 35.5. The van der Waals surface area contributed by atoms with Crippen molar-refractivity contribution >= 4 is 18.3 Å². The molecule has 4 nitrogen and oxygen atoms in total. The van der Waals surface area contributed by atoms with Crippen molar-refractivity contribution in [3.05, 3.63) is 35.4 Å². The molecule has 1 saturated heterocycles. The van der Waals surface area contributed by atoms with E-state index in [2.05, 4.69) is 38.1 Å². The van der Waals surface area contributed by atoms with Crippen LogP contribution in [0.5, 0.6) is 0 Å². The van der Waals surface area contributed by atoms with Gasteiger partial charge in [0.15, 0.2) is 0 Å². The highest BCUT2D eigenvalue weighted by molar-refractivity contribution is 5.85. The van der Waals surface area contributed by atoms with Gasteiger partial charge in [0.2, 0.25) is 0 Å². The van der Waals surface area contributed by atoms with Crippen LogP contribution in [0.4, 0.5) is 0 Å². The molecule has 5 heteroatoms. The smallest absolute Gasteiger partial charge is 0.251 e. The van der Waals surface area contributed by atoms with Crippen molar-refractivity contribution in [2.45, 2.75) is 64.7 Å². The van der Waals surface area contributed by atoms with E-state index in [1.54, 1.807) is 0 Å². The van der Waals surface area contributed by atoms with Crippen molar-refractivity contribution in [3.63, 3.8) is 0 Å². The second-order valence-electron chi connectivity index (χ2n) is 6.44. The zero-order valence-electron chi connectivity index (χ0n) is 15.0. The number of likely N-dealkylation sites (N-methyl/N-ethyl adjacent to an activating group) is 1. The molecule has 1 aliphatic heterocycles. The van der Waals surface area contributed by atoms with E-state index in [1.165, 1.54) is 11.1 Å². The number of rotatable bonds is 7. The van der Waals surface area contributed by atoms with Crippen LogP contribution in [-0.2, 0) is 16.0 Å². The zero-order valence-corrected chi connectivity index (χ0v) is 15.8. The summed E-state index contributed by atoms with van der Waals surface area (Å²) in [4.78, 5) is 14.8. The van der Waals surface area contributed by atoms with E-state index in [0.29, 0.717) is 6.54 Å². The van der Waals surface area contributed by atoms with Crippen molar-refractivity contribution in [1.82, 2.24) is 4.90 Å². The van der Waals surface area contributed by atoms with Crippen LogP contribution in [-0.4, -0.2) is 42.1 Å². The van der Waals surface area contributed by atoms with Crippen LogP contribution in [0.25, 0.3) is 0 Å². The minimum atomic E-state index is -0.310. The zero-order chi connectivity index (χ0) is 16.8. The van der Waals surface area contributed by atoms with Crippen molar-refractivity contribution in [3.8, 4) is 0 Å². The average Bonchev–Trinajstić information content (AvgIpc) is 3.05. The first kappa shape index (κ1) is 20.9. The first-order valence-corrected chi connectivity index (χ1v) is 8.80. The molecule has 2 rings (SSSR count). The minimum Gasteiger partial charge on any atom is -0.364 e. The number of amides is 1. The lowest BCUT2D eigenvalue weighted by molar-refractivity contribution is -0.145. The molecule has 1 aromatic rings. The van der Waals surface area contributed by atoms with Gasteiger partial charge in [0.1, 0.15) is 6.10 Å². The van der Waals surface area contributed by atoms with E-state index in [0.717, 1.165) is 32.2 Å². The fourth-order valence-corrected chi connectivity index (χ4v) is 3.31. The summed E-state index contributed by atoms with van der Waals surface area (Å²) >= 11 is 0. The predicted octanol–water partition coefficient (Wildman–Crippen LogP) is 3.09. The molecular formula is C19H31ClN2O2. The molecule has 2 N–H and O–H groups in total. The Labute approximate surface area is 152 Å². The predicted molar refractivity (Wildman–Crippen MR) is 101 cm³/mol. The second kappa shape index (κ2) is 10.0. The summed E-state index contributed by atoms with van der Waals surface area (Å²) < 4.78 is 5.80. The third-order valence-corrected chi connectivity index (χ3v) is 4.77. The Hall–Kier alpha value is -1.10. The van der Waals surface area contributed by atoms with E-state index in [1.807, 2.05) is 11.8 Å². The Morgan fingerprint density at radius 2 is 1.96 bits per heavy atom. The molecular weight excluding hydrogens is 324 g/mol. The number of carbonyl (C=O) groups is 1. The maximum absolute atomic E-state index is 12.8. The standard InChI is InChI=1S/C19H30N2O2.ClH/c1-4-16(12-15-8-6-14(3)7-9-15)21(5-2)19(22)18-11-10-17(13-20)23-18;/h6-9,16-18H,4-5,10-13,20H2,1-3H3;1H/t16?,17-,18+;/m1./s1. The number of aryl methyl sites for hydroxylation is 1. The van der Waals surface area contributed by atoms with Crippen LogP contribution in [0.15, 0.2) is 24.3 Å². The molecule has 3 atom stereocenters. The van der Waals surface area contributed by atoms with E-state index < -0.39 is 0 Å². The molecule has 0 spiro atoms. The minimum absolute atomic E-state index is 0. The van der Waals surface area contributed by atoms with E-state index in [9.17, 15) is 4.79 Å². The van der Waals surface area contributed by atoms with Crippen molar-refractivity contribution in [1.29, 1.82) is 0 Å². The lowest BCUT2D eigenvalue weighted by Gasteiger charge is -2.32. The second-order valence-corrected chi connectivity index (χ2v) is 6.44. The maximum atomic E-state index is 12.8. The lowest BCUT2D eigenvalue weighted by atomic mass is 10.0. The largest absolute Gasteiger partial charge is 0.364 e. The summed E-state index contributed by atoms with van der Waals surface area (Å²) in [5.74, 6) is 0.127. The summed E-state index contributed by atoms with van der Waals surface area (Å²) in [6.45, 7) is 7.50. The summed E-state index contributed by atoms with van der Waals surface area (Å²) in [5, 5.41) is 0. The number of halogens is 1. The van der Waals surface area contributed by atoms with E-state index >= 15 is 0 Å². The first-order chi connectivity index (χ1) is 11.1. The van der Waals surface area contributed by atoms with Crippen LogP contribution in [0, 0.1) is 6.92 Å². The Kier molecular flexibility index (Phi) is 8.74. The SMILES string of the molecule is CCC(Cc1ccc(C)cc1)N(CC)C(=O)[C@@H]1CC[C@H](CN)O1.Cl. The van der Waals surface area contributed by atoms with Gasteiger partial charge in [-0.05, 0) is 45.1 Å². The molecule has 0 bridgehead atoms. The van der Waals surface area contributed by atoms with Gasteiger partial charge in [-0.25, -0.2) is 0 Å². The van der Waals surface area contributed by atoms with Crippen molar-refractivity contribution < 1.29 is 9.53 Å². The molecule has 1 aliphatic rings. The Bertz CT molecular complexity index is 507. The molecule has 1 aromatic carbocycles. The summed E-state index contributed by atoms with van der Waals surface area (Å²) in [5.41, 5.74) is 8.20. The van der Waals surface area contributed by atoms with Gasteiger partial charge in [-0.1, -0.05) is 36.8 Å². The molecule has 0 saturated carbocycles. The molecule has 1 heterocycles. The van der Waals surface area contributed by atoms with E-state index in [4.69, 9.17) is 10.5 Å². The third kappa shape index (κ3) is 5.20. The fourth-order valence-electron chi connectivity index (χ4n) is 3.31. The molecule has 1 fully saturated rings. The highest BCUT2D eigenvalue weighted by Gasteiger charge is 2.34. The topological polar surface area (TPSA) is 55.6 Å². The summed E-state index contributed by atoms with van der Waals surface area (Å²) in [6.07, 6.45) is 3.25. The van der Waals surface area contributed by atoms with Crippen molar-refractivity contribution in [2.24, 2.45) is 5.73 Å². The van der Waals surface area contributed by atoms with Gasteiger partial charge in [0.25, 0.3) is 5.91 Å². The Balaban J connectivity index is 0.00000288. The molecule has 1 unspecified atom stereocenters. The molecule has 0 radical (unpaired) electrons.